The van der Waals surface area contributed by atoms with Crippen LogP contribution in [0.3, 0.4) is 0 Å². The molecule has 2 rings (SSSR count). The Labute approximate surface area is 115 Å². The van der Waals surface area contributed by atoms with Gasteiger partial charge in [0.25, 0.3) is 0 Å². The average molecular weight is 260 g/mol. The summed E-state index contributed by atoms with van der Waals surface area (Å²) in [6, 6.07) is 6.20. The van der Waals surface area contributed by atoms with Crippen LogP contribution in [0, 0.1) is 5.92 Å². The van der Waals surface area contributed by atoms with Crippen LogP contribution in [0.25, 0.3) is 0 Å². The van der Waals surface area contributed by atoms with Crippen molar-refractivity contribution in [2.24, 2.45) is 5.92 Å². The van der Waals surface area contributed by atoms with E-state index in [9.17, 15) is 4.79 Å². The number of hydrogen-bond acceptors (Lipinski definition) is 3. The number of nitrogens with two attached hydrogens (primary N) is 1. The lowest BCUT2D eigenvalue weighted by molar-refractivity contribution is 0.101. The molecule has 1 saturated carbocycles. The van der Waals surface area contributed by atoms with Gasteiger partial charge in [-0.05, 0) is 56.7 Å². The van der Waals surface area contributed by atoms with E-state index in [1.54, 1.807) is 6.92 Å². The smallest absolute Gasteiger partial charge is 0.161 e. The highest BCUT2D eigenvalue weighted by molar-refractivity contribution is 5.99. The lowest BCUT2D eigenvalue weighted by atomic mass is 9.84. The summed E-state index contributed by atoms with van der Waals surface area (Å²) < 4.78 is 0. The van der Waals surface area contributed by atoms with Gasteiger partial charge in [0.15, 0.2) is 5.78 Å². The van der Waals surface area contributed by atoms with Crippen LogP contribution in [-0.4, -0.2) is 11.8 Å². The molecule has 1 fully saturated rings. The topological polar surface area (TPSA) is 55.1 Å². The van der Waals surface area contributed by atoms with Gasteiger partial charge in [-0.1, -0.05) is 13.3 Å². The van der Waals surface area contributed by atoms with Crippen molar-refractivity contribution >= 4 is 17.2 Å². The van der Waals surface area contributed by atoms with Gasteiger partial charge in [-0.15, -0.1) is 0 Å². The van der Waals surface area contributed by atoms with Gasteiger partial charge in [0.05, 0.1) is 0 Å². The average Bonchev–Trinajstić information content (AvgIpc) is 2.39. The van der Waals surface area contributed by atoms with Gasteiger partial charge in [-0.25, -0.2) is 0 Å². The van der Waals surface area contributed by atoms with E-state index in [4.69, 9.17) is 5.73 Å². The zero-order valence-corrected chi connectivity index (χ0v) is 11.9. The lowest BCUT2D eigenvalue weighted by Crippen LogP contribution is -2.25. The quantitative estimate of drug-likeness (QED) is 0.638. The van der Waals surface area contributed by atoms with E-state index < -0.39 is 0 Å². The van der Waals surface area contributed by atoms with Crippen molar-refractivity contribution in [3.63, 3.8) is 0 Å². The summed E-state index contributed by atoms with van der Waals surface area (Å²) in [6.45, 7) is 3.82. The summed E-state index contributed by atoms with van der Waals surface area (Å²) >= 11 is 0. The maximum absolute atomic E-state index is 11.3. The molecule has 0 aromatic heterocycles. The van der Waals surface area contributed by atoms with Crippen molar-refractivity contribution in [2.75, 3.05) is 11.1 Å². The first kappa shape index (κ1) is 13.9. The van der Waals surface area contributed by atoms with Gasteiger partial charge in [-0.3, -0.25) is 4.79 Å². The second-order valence-electron chi connectivity index (χ2n) is 5.63. The van der Waals surface area contributed by atoms with Crippen molar-refractivity contribution < 1.29 is 4.79 Å². The van der Waals surface area contributed by atoms with Crippen molar-refractivity contribution in [1.82, 2.24) is 0 Å². The molecular weight excluding hydrogens is 236 g/mol. The molecule has 0 saturated heterocycles. The minimum absolute atomic E-state index is 0.0208. The van der Waals surface area contributed by atoms with Crippen molar-refractivity contribution in [1.29, 1.82) is 0 Å². The van der Waals surface area contributed by atoms with Crippen LogP contribution in [0.5, 0.6) is 0 Å². The summed E-state index contributed by atoms with van der Waals surface area (Å²) in [4.78, 5) is 11.3. The number of Topliss-reactive ketones (excluding diaryl/α,β-unsaturated/α-hetero) is 1. The molecule has 0 radical (unpaired) electrons. The number of hydrogen-bond donors (Lipinski definition) is 2. The van der Waals surface area contributed by atoms with Crippen LogP contribution in [0.2, 0.25) is 0 Å². The summed E-state index contributed by atoms with van der Waals surface area (Å²) in [5.74, 6) is 0.927. The Kier molecular flexibility index (Phi) is 4.46. The third-order valence-electron chi connectivity index (χ3n) is 4.23. The Bertz CT molecular complexity index is 448. The van der Waals surface area contributed by atoms with Gasteiger partial charge < -0.3 is 11.1 Å². The van der Waals surface area contributed by atoms with E-state index in [0.29, 0.717) is 17.3 Å². The highest BCUT2D eigenvalue weighted by atomic mass is 16.1. The van der Waals surface area contributed by atoms with E-state index in [0.717, 1.165) is 11.6 Å². The van der Waals surface area contributed by atoms with Crippen LogP contribution in [0.1, 0.15) is 56.3 Å². The molecule has 0 heterocycles. The number of nitrogens with one attached hydrogen (secondary N) is 1. The molecule has 1 aliphatic rings. The number of rotatable bonds is 4. The molecule has 0 amide bonds. The van der Waals surface area contributed by atoms with Gasteiger partial charge in [0, 0.05) is 23.0 Å². The Morgan fingerprint density at radius 2 is 2.00 bits per heavy atom. The fraction of sp³-hybridized carbons (Fsp3) is 0.562. The zero-order valence-electron chi connectivity index (χ0n) is 11.9. The predicted octanol–water partition coefficient (Wildman–Crippen LogP) is 3.85. The minimum atomic E-state index is 0.0208. The minimum Gasteiger partial charge on any atom is -0.398 e. The molecule has 19 heavy (non-hydrogen) atoms. The molecule has 1 aliphatic carbocycles. The van der Waals surface area contributed by atoms with Crippen molar-refractivity contribution in [3.8, 4) is 0 Å². The van der Waals surface area contributed by atoms with Crippen LogP contribution < -0.4 is 11.1 Å². The molecule has 0 atom stereocenters. The Morgan fingerprint density at radius 3 is 2.53 bits per heavy atom. The van der Waals surface area contributed by atoms with Crippen LogP contribution in [-0.2, 0) is 0 Å². The summed E-state index contributed by atoms with van der Waals surface area (Å²) in [5.41, 5.74) is 8.12. The molecule has 0 unspecified atom stereocenters. The van der Waals surface area contributed by atoms with Crippen LogP contribution >= 0.6 is 0 Å². The Balaban J connectivity index is 1.97. The standard InChI is InChI=1S/C16H24N2O/c1-3-12-4-6-13(7-5-12)18-14-8-9-15(11(2)19)16(17)10-14/h8-10,12-13,18H,3-7,17H2,1-2H3. The first-order valence-electron chi connectivity index (χ1n) is 7.27. The fourth-order valence-electron chi connectivity index (χ4n) is 2.92. The zero-order chi connectivity index (χ0) is 13.8. The largest absolute Gasteiger partial charge is 0.398 e. The van der Waals surface area contributed by atoms with E-state index >= 15 is 0 Å². The molecule has 0 bridgehead atoms. The normalized spacial score (nSPS) is 23.1. The van der Waals surface area contributed by atoms with Gasteiger partial charge in [0.2, 0.25) is 0 Å². The molecule has 0 spiro atoms. The molecular formula is C16H24N2O. The molecule has 3 N–H and O–H groups in total. The number of carbonyl (C=O) groups is 1. The highest BCUT2D eigenvalue weighted by Crippen LogP contribution is 2.29. The third kappa shape index (κ3) is 3.49. The fourth-order valence-corrected chi connectivity index (χ4v) is 2.92. The van der Waals surface area contributed by atoms with E-state index in [1.165, 1.54) is 32.1 Å². The molecule has 3 heteroatoms. The summed E-state index contributed by atoms with van der Waals surface area (Å²) in [6.07, 6.45) is 6.39. The molecule has 1 aromatic rings. The molecule has 3 nitrogen and oxygen atoms in total. The van der Waals surface area contributed by atoms with Gasteiger partial charge in [-0.2, -0.15) is 0 Å². The third-order valence-corrected chi connectivity index (χ3v) is 4.23. The first-order valence-corrected chi connectivity index (χ1v) is 7.27. The number of nitrogen functional groups attached to an aromatic ring is 1. The first-order chi connectivity index (χ1) is 9.10. The Hall–Kier alpha value is -1.51. The van der Waals surface area contributed by atoms with Crippen LogP contribution in [0.4, 0.5) is 11.4 Å². The molecule has 104 valence electrons. The maximum atomic E-state index is 11.3. The lowest BCUT2D eigenvalue weighted by Gasteiger charge is -2.29. The molecule has 1 aromatic carbocycles. The van der Waals surface area contributed by atoms with E-state index in [1.807, 2.05) is 18.2 Å². The second kappa shape index (κ2) is 6.09. The highest BCUT2D eigenvalue weighted by Gasteiger charge is 2.19. The predicted molar refractivity (Wildman–Crippen MR) is 80.5 cm³/mol. The second-order valence-corrected chi connectivity index (χ2v) is 5.63. The number of carbonyl (C=O) groups excluding carboxylic acids is 1. The molecule has 0 aliphatic heterocycles. The van der Waals surface area contributed by atoms with Crippen LogP contribution in [0.15, 0.2) is 18.2 Å². The Morgan fingerprint density at radius 1 is 1.32 bits per heavy atom. The number of anilines is 2. The SMILES string of the molecule is CCC1CCC(Nc2ccc(C(C)=O)c(N)c2)CC1. The summed E-state index contributed by atoms with van der Waals surface area (Å²) in [5, 5.41) is 3.54. The van der Waals surface area contributed by atoms with E-state index in [2.05, 4.69) is 12.2 Å². The van der Waals surface area contributed by atoms with Crippen molar-refractivity contribution in [3.05, 3.63) is 23.8 Å². The van der Waals surface area contributed by atoms with Gasteiger partial charge >= 0.3 is 0 Å². The van der Waals surface area contributed by atoms with Gasteiger partial charge in [0.1, 0.15) is 0 Å². The number of ketones is 1. The van der Waals surface area contributed by atoms with Crippen molar-refractivity contribution in [2.45, 2.75) is 52.0 Å². The summed E-state index contributed by atoms with van der Waals surface area (Å²) in [7, 11) is 0. The van der Waals surface area contributed by atoms with E-state index in [-0.39, 0.29) is 5.78 Å². The monoisotopic (exact) mass is 260 g/mol. The maximum Gasteiger partial charge on any atom is 0.161 e. The number of benzene rings is 1.